The summed E-state index contributed by atoms with van der Waals surface area (Å²) in [5.41, 5.74) is 1.56. The second kappa shape index (κ2) is 6.45. The van der Waals surface area contributed by atoms with Gasteiger partial charge in [0.15, 0.2) is 0 Å². The number of nitrogens with zero attached hydrogens (tertiary/aromatic N) is 1. The van der Waals surface area contributed by atoms with Gasteiger partial charge in [-0.2, -0.15) is 0 Å². The van der Waals surface area contributed by atoms with Gasteiger partial charge < -0.3 is 15.2 Å². The van der Waals surface area contributed by atoms with Crippen molar-refractivity contribution < 1.29 is 13.2 Å². The molecule has 0 radical (unpaired) electrons. The van der Waals surface area contributed by atoms with E-state index in [1.165, 1.54) is 0 Å². The van der Waals surface area contributed by atoms with Crippen LogP contribution >= 0.6 is 0 Å². The van der Waals surface area contributed by atoms with Gasteiger partial charge in [0.2, 0.25) is 0 Å². The Hall–Kier alpha value is -2.28. The third kappa shape index (κ3) is 4.96. The predicted molar refractivity (Wildman–Crippen MR) is 82.5 cm³/mol. The van der Waals surface area contributed by atoms with Crippen molar-refractivity contribution in [2.24, 2.45) is 0 Å². The van der Waals surface area contributed by atoms with Gasteiger partial charge in [-0.25, -0.2) is 13.2 Å². The van der Waals surface area contributed by atoms with Crippen molar-refractivity contribution in [3.63, 3.8) is 0 Å². The largest absolute Gasteiger partial charge is 0.337 e. The molecule has 0 spiro atoms. The molecule has 0 bridgehead atoms. The molecule has 1 heterocycles. The second-order valence-corrected chi connectivity index (χ2v) is 6.91. The summed E-state index contributed by atoms with van der Waals surface area (Å²) in [6, 6.07) is 10.8. The first kappa shape index (κ1) is 15.1. The number of anilines is 1. The van der Waals surface area contributed by atoms with Gasteiger partial charge in [-0.05, 0) is 30.3 Å². The molecule has 1 aromatic carbocycles. The van der Waals surface area contributed by atoms with Gasteiger partial charge in [0.25, 0.3) is 0 Å². The minimum atomic E-state index is -3.07. The first-order valence-corrected chi connectivity index (χ1v) is 8.46. The standard InChI is InChI=1S/C14H17N3O3S/c1-21(19,20)10-7-15-14(18)16-12-5-4-6-13(11-12)17-8-2-3-9-17/h2-6,8-9,11H,7,10H2,1H3,(H2,15,16,18). The number of aromatic nitrogens is 1. The average Bonchev–Trinajstić information content (AvgIpc) is 2.91. The molecule has 0 aliphatic rings. The van der Waals surface area contributed by atoms with E-state index in [9.17, 15) is 13.2 Å². The summed E-state index contributed by atoms with van der Waals surface area (Å²) in [6.45, 7) is 0.0853. The SMILES string of the molecule is CS(=O)(=O)CCNC(=O)Nc1cccc(-n2cccc2)c1. The summed E-state index contributed by atoms with van der Waals surface area (Å²) in [7, 11) is -3.07. The topological polar surface area (TPSA) is 80.2 Å². The first-order chi connectivity index (χ1) is 9.94. The highest BCUT2D eigenvalue weighted by Crippen LogP contribution is 2.14. The lowest BCUT2D eigenvalue weighted by Gasteiger charge is -2.09. The van der Waals surface area contributed by atoms with Crippen LogP contribution in [0.5, 0.6) is 0 Å². The number of amides is 2. The molecule has 2 amide bonds. The Morgan fingerprint density at radius 3 is 2.57 bits per heavy atom. The molecule has 0 aliphatic heterocycles. The van der Waals surface area contributed by atoms with Gasteiger partial charge in [-0.15, -0.1) is 0 Å². The average molecular weight is 307 g/mol. The van der Waals surface area contributed by atoms with E-state index >= 15 is 0 Å². The van der Waals surface area contributed by atoms with E-state index in [-0.39, 0.29) is 12.3 Å². The van der Waals surface area contributed by atoms with E-state index in [4.69, 9.17) is 0 Å². The molecule has 0 saturated heterocycles. The number of carbonyl (C=O) groups excluding carboxylic acids is 1. The first-order valence-electron chi connectivity index (χ1n) is 6.40. The summed E-state index contributed by atoms with van der Waals surface area (Å²) >= 11 is 0. The molecule has 7 heteroatoms. The zero-order valence-corrected chi connectivity index (χ0v) is 12.4. The Balaban J connectivity index is 1.94. The number of carbonyl (C=O) groups is 1. The summed E-state index contributed by atoms with van der Waals surface area (Å²) in [5, 5.41) is 5.18. The Bertz CT molecular complexity index is 709. The van der Waals surface area contributed by atoms with Gasteiger partial charge in [0, 0.05) is 36.6 Å². The Morgan fingerprint density at radius 1 is 1.19 bits per heavy atom. The summed E-state index contributed by atoms with van der Waals surface area (Å²) in [5.74, 6) is -0.0795. The third-order valence-corrected chi connectivity index (χ3v) is 3.71. The molecule has 1 aromatic heterocycles. The van der Waals surface area contributed by atoms with Gasteiger partial charge in [0.1, 0.15) is 9.84 Å². The van der Waals surface area contributed by atoms with Crippen LogP contribution in [0.15, 0.2) is 48.8 Å². The fraction of sp³-hybridized carbons (Fsp3) is 0.214. The van der Waals surface area contributed by atoms with Crippen molar-refractivity contribution in [1.29, 1.82) is 0 Å². The molecule has 112 valence electrons. The van der Waals surface area contributed by atoms with Crippen LogP contribution in [-0.4, -0.2) is 37.6 Å². The maximum Gasteiger partial charge on any atom is 0.319 e. The number of rotatable bonds is 5. The Labute approximate surface area is 123 Å². The van der Waals surface area contributed by atoms with Crippen molar-refractivity contribution in [1.82, 2.24) is 9.88 Å². The van der Waals surface area contributed by atoms with E-state index in [1.807, 2.05) is 47.3 Å². The van der Waals surface area contributed by atoms with Crippen molar-refractivity contribution in [2.75, 3.05) is 23.9 Å². The molecule has 0 unspecified atom stereocenters. The van der Waals surface area contributed by atoms with Crippen LogP contribution in [-0.2, 0) is 9.84 Å². The summed E-state index contributed by atoms with van der Waals surface area (Å²) < 4.78 is 23.9. The lowest BCUT2D eigenvalue weighted by atomic mass is 10.3. The minimum absolute atomic E-state index is 0.0795. The second-order valence-electron chi connectivity index (χ2n) is 4.65. The molecule has 0 atom stereocenters. The van der Waals surface area contributed by atoms with E-state index < -0.39 is 15.9 Å². The molecule has 2 aromatic rings. The predicted octanol–water partition coefficient (Wildman–Crippen LogP) is 1.64. The number of hydrogen-bond acceptors (Lipinski definition) is 3. The van der Waals surface area contributed by atoms with Gasteiger partial charge in [-0.3, -0.25) is 0 Å². The monoisotopic (exact) mass is 307 g/mol. The van der Waals surface area contributed by atoms with Crippen LogP contribution in [0.3, 0.4) is 0 Å². The number of benzene rings is 1. The number of nitrogens with one attached hydrogen (secondary N) is 2. The maximum absolute atomic E-state index is 11.7. The molecule has 0 fully saturated rings. The third-order valence-electron chi connectivity index (χ3n) is 2.77. The molecule has 2 N–H and O–H groups in total. The van der Waals surface area contributed by atoms with Crippen LogP contribution in [0.2, 0.25) is 0 Å². The van der Waals surface area contributed by atoms with Crippen LogP contribution < -0.4 is 10.6 Å². The zero-order valence-electron chi connectivity index (χ0n) is 11.6. The lowest BCUT2D eigenvalue weighted by Crippen LogP contribution is -2.32. The Kier molecular flexibility index (Phi) is 4.64. The van der Waals surface area contributed by atoms with Gasteiger partial charge >= 0.3 is 6.03 Å². The summed E-state index contributed by atoms with van der Waals surface area (Å²) in [6.07, 6.45) is 4.95. The van der Waals surface area contributed by atoms with Crippen LogP contribution in [0.4, 0.5) is 10.5 Å². The molecule has 6 nitrogen and oxygen atoms in total. The molecular formula is C14H17N3O3S. The number of urea groups is 1. The van der Waals surface area contributed by atoms with Gasteiger partial charge in [-0.1, -0.05) is 6.07 Å². The highest BCUT2D eigenvalue weighted by atomic mass is 32.2. The fourth-order valence-corrected chi connectivity index (χ4v) is 2.25. The smallest absolute Gasteiger partial charge is 0.319 e. The Morgan fingerprint density at radius 2 is 1.90 bits per heavy atom. The fourth-order valence-electron chi connectivity index (χ4n) is 1.78. The van der Waals surface area contributed by atoms with Crippen molar-refractivity contribution >= 4 is 21.6 Å². The molecular weight excluding hydrogens is 290 g/mol. The number of hydrogen-bond donors (Lipinski definition) is 2. The highest BCUT2D eigenvalue weighted by Gasteiger charge is 2.05. The maximum atomic E-state index is 11.7. The quantitative estimate of drug-likeness (QED) is 0.881. The van der Waals surface area contributed by atoms with Crippen LogP contribution in [0.25, 0.3) is 5.69 Å². The van der Waals surface area contributed by atoms with E-state index in [1.54, 1.807) is 6.07 Å². The van der Waals surface area contributed by atoms with Crippen LogP contribution in [0.1, 0.15) is 0 Å². The van der Waals surface area contributed by atoms with E-state index in [0.29, 0.717) is 5.69 Å². The lowest BCUT2D eigenvalue weighted by molar-refractivity contribution is 0.252. The normalized spacial score (nSPS) is 11.1. The number of sulfone groups is 1. The van der Waals surface area contributed by atoms with Crippen molar-refractivity contribution in [3.05, 3.63) is 48.8 Å². The molecule has 0 saturated carbocycles. The molecule has 21 heavy (non-hydrogen) atoms. The summed E-state index contributed by atoms with van der Waals surface area (Å²) in [4.78, 5) is 11.7. The minimum Gasteiger partial charge on any atom is -0.337 e. The molecule has 2 rings (SSSR count). The van der Waals surface area contributed by atoms with Crippen LogP contribution in [0, 0.1) is 0 Å². The van der Waals surface area contributed by atoms with Crippen molar-refractivity contribution in [2.45, 2.75) is 0 Å². The van der Waals surface area contributed by atoms with Crippen molar-refractivity contribution in [3.8, 4) is 5.69 Å². The molecule has 0 aliphatic carbocycles. The zero-order chi connectivity index (χ0) is 15.3. The van der Waals surface area contributed by atoms with E-state index in [2.05, 4.69) is 10.6 Å². The van der Waals surface area contributed by atoms with Gasteiger partial charge in [0.05, 0.1) is 5.75 Å². The highest BCUT2D eigenvalue weighted by molar-refractivity contribution is 7.90. The van der Waals surface area contributed by atoms with E-state index in [0.717, 1.165) is 11.9 Å².